The van der Waals surface area contributed by atoms with Crippen molar-refractivity contribution in [2.75, 3.05) is 0 Å². The van der Waals surface area contributed by atoms with E-state index in [9.17, 15) is 8.42 Å². The van der Waals surface area contributed by atoms with Gasteiger partial charge in [-0.05, 0) is 30.9 Å². The fraction of sp³-hybridized carbons (Fsp3) is 0.600. The predicted molar refractivity (Wildman–Crippen MR) is 77.5 cm³/mol. The first-order valence-corrected chi connectivity index (χ1v) is 8.24. The van der Waals surface area contributed by atoms with Crippen molar-refractivity contribution in [2.24, 2.45) is 5.41 Å². The smallest absolute Gasteiger partial charge is 0.207 e. The molecule has 0 N–H and O–H groups in total. The summed E-state index contributed by atoms with van der Waals surface area (Å²) in [5, 5.41) is 0. The maximum absolute atomic E-state index is 12.7. The highest BCUT2D eigenvalue weighted by molar-refractivity contribution is 7.89. The quantitative estimate of drug-likeness (QED) is 0.798. The third-order valence-electron chi connectivity index (χ3n) is 3.78. The van der Waals surface area contributed by atoms with E-state index in [-0.39, 0.29) is 17.5 Å². The molecule has 0 radical (unpaired) electrons. The monoisotopic (exact) mass is 281 g/mol. The van der Waals surface area contributed by atoms with Gasteiger partial charge in [-0.15, -0.1) is 0 Å². The molecule has 1 unspecified atom stereocenters. The molecule has 19 heavy (non-hydrogen) atoms. The first-order chi connectivity index (χ1) is 8.69. The molecule has 0 aromatic heterocycles. The van der Waals surface area contributed by atoms with Crippen molar-refractivity contribution in [3.8, 4) is 0 Å². The highest BCUT2D eigenvalue weighted by atomic mass is 32.2. The van der Waals surface area contributed by atoms with Crippen LogP contribution < -0.4 is 0 Å². The summed E-state index contributed by atoms with van der Waals surface area (Å²) in [6, 6.07) is 7.37. The Balaban J connectivity index is 2.34. The average Bonchev–Trinajstić information content (AvgIpc) is 3.04. The molecule has 1 aliphatic rings. The molecule has 2 rings (SSSR count). The maximum atomic E-state index is 12.7. The largest absolute Gasteiger partial charge is 0.243 e. The highest BCUT2D eigenvalue weighted by Crippen LogP contribution is 2.47. The van der Waals surface area contributed by atoms with Gasteiger partial charge >= 0.3 is 0 Å². The summed E-state index contributed by atoms with van der Waals surface area (Å²) in [6.45, 7) is 10.3. The Hall–Kier alpha value is -0.870. The summed E-state index contributed by atoms with van der Waals surface area (Å²) in [5.74, 6) is 0. The van der Waals surface area contributed by atoms with Crippen molar-refractivity contribution in [3.63, 3.8) is 0 Å². The molecule has 0 amide bonds. The van der Waals surface area contributed by atoms with Gasteiger partial charge in [0.2, 0.25) is 10.0 Å². The fourth-order valence-corrected chi connectivity index (χ4v) is 4.82. The lowest BCUT2D eigenvalue weighted by Gasteiger charge is -2.18. The van der Waals surface area contributed by atoms with Crippen LogP contribution in [0.2, 0.25) is 0 Å². The van der Waals surface area contributed by atoms with Gasteiger partial charge in [0.1, 0.15) is 0 Å². The maximum Gasteiger partial charge on any atom is 0.243 e. The number of hydrogen-bond donors (Lipinski definition) is 0. The SMILES string of the molecule is CC[C@@H]1[C@H](C(C)(C)C)N1S(=O)(=O)c1ccc(C)cc1. The number of aryl methyl sites for hydroxylation is 1. The van der Waals surface area contributed by atoms with Crippen LogP contribution in [0.15, 0.2) is 29.2 Å². The Morgan fingerprint density at radius 3 is 2.05 bits per heavy atom. The molecule has 1 heterocycles. The Kier molecular flexibility index (Phi) is 3.52. The van der Waals surface area contributed by atoms with Crippen LogP contribution in [0.3, 0.4) is 0 Å². The van der Waals surface area contributed by atoms with Crippen molar-refractivity contribution in [3.05, 3.63) is 29.8 Å². The first-order valence-electron chi connectivity index (χ1n) is 6.80. The molecule has 0 saturated carbocycles. The van der Waals surface area contributed by atoms with Crippen LogP contribution in [0.4, 0.5) is 0 Å². The van der Waals surface area contributed by atoms with Crippen molar-refractivity contribution in [1.29, 1.82) is 0 Å². The van der Waals surface area contributed by atoms with Crippen LogP contribution >= 0.6 is 0 Å². The van der Waals surface area contributed by atoms with Crippen LogP contribution in [0.25, 0.3) is 0 Å². The Labute approximate surface area is 116 Å². The molecule has 0 bridgehead atoms. The summed E-state index contributed by atoms with van der Waals surface area (Å²) < 4.78 is 27.0. The normalized spacial score (nSPS) is 27.3. The Bertz CT molecular complexity index is 555. The first kappa shape index (κ1) is 14.5. The standard InChI is InChI=1S/C15H23NO2S/c1-6-13-14(15(3,4)5)16(13)19(17,18)12-9-7-11(2)8-10-12/h7-10,13-14H,6H2,1-5H3/t13-,14-,16?/m1/s1. The van der Waals surface area contributed by atoms with E-state index in [1.165, 1.54) is 0 Å². The van der Waals surface area contributed by atoms with Crippen LogP contribution in [0.1, 0.15) is 39.7 Å². The van der Waals surface area contributed by atoms with Crippen LogP contribution in [0.5, 0.6) is 0 Å². The van der Waals surface area contributed by atoms with Gasteiger partial charge in [-0.3, -0.25) is 0 Å². The molecule has 1 fully saturated rings. The minimum Gasteiger partial charge on any atom is -0.207 e. The van der Waals surface area contributed by atoms with E-state index in [2.05, 4.69) is 20.8 Å². The molecule has 3 nitrogen and oxygen atoms in total. The zero-order valence-electron chi connectivity index (χ0n) is 12.3. The van der Waals surface area contributed by atoms with Gasteiger partial charge < -0.3 is 0 Å². The lowest BCUT2D eigenvalue weighted by molar-refractivity contribution is 0.368. The number of sulfonamides is 1. The van der Waals surface area contributed by atoms with E-state index in [0.29, 0.717) is 4.90 Å². The van der Waals surface area contributed by atoms with Gasteiger partial charge in [0, 0.05) is 12.1 Å². The predicted octanol–water partition coefficient (Wildman–Crippen LogP) is 3.19. The zero-order valence-corrected chi connectivity index (χ0v) is 13.2. The average molecular weight is 281 g/mol. The molecule has 1 saturated heterocycles. The highest BCUT2D eigenvalue weighted by Gasteiger charge is 2.58. The molecule has 1 aromatic carbocycles. The minimum atomic E-state index is -3.34. The van der Waals surface area contributed by atoms with Crippen molar-refractivity contribution >= 4 is 10.0 Å². The summed E-state index contributed by atoms with van der Waals surface area (Å²) in [5.41, 5.74) is 1.06. The number of benzene rings is 1. The lowest BCUT2D eigenvalue weighted by atomic mass is 9.89. The second-order valence-corrected chi connectivity index (χ2v) is 8.28. The van der Waals surface area contributed by atoms with E-state index in [0.717, 1.165) is 12.0 Å². The molecular formula is C15H23NO2S. The third-order valence-corrected chi connectivity index (χ3v) is 5.70. The fourth-order valence-electron chi connectivity index (χ4n) is 2.78. The summed E-state index contributed by atoms with van der Waals surface area (Å²) in [7, 11) is -3.34. The summed E-state index contributed by atoms with van der Waals surface area (Å²) in [6.07, 6.45) is 0.868. The van der Waals surface area contributed by atoms with Crippen LogP contribution in [-0.4, -0.2) is 24.8 Å². The van der Waals surface area contributed by atoms with Crippen LogP contribution in [0, 0.1) is 12.3 Å². The van der Waals surface area contributed by atoms with Crippen LogP contribution in [-0.2, 0) is 10.0 Å². The molecular weight excluding hydrogens is 258 g/mol. The van der Waals surface area contributed by atoms with Gasteiger partial charge in [-0.2, -0.15) is 4.31 Å². The molecule has 0 aliphatic carbocycles. The Morgan fingerprint density at radius 2 is 1.68 bits per heavy atom. The van der Waals surface area contributed by atoms with Gasteiger partial charge in [0.05, 0.1) is 4.90 Å². The molecule has 3 atom stereocenters. The second-order valence-electron chi connectivity index (χ2n) is 6.43. The van der Waals surface area contributed by atoms with Gasteiger partial charge in [0.15, 0.2) is 0 Å². The van der Waals surface area contributed by atoms with E-state index in [1.807, 2.05) is 26.0 Å². The molecule has 0 spiro atoms. The van der Waals surface area contributed by atoms with Gasteiger partial charge in [-0.25, -0.2) is 8.42 Å². The number of nitrogens with zero attached hydrogens (tertiary/aromatic N) is 1. The van der Waals surface area contributed by atoms with Crippen molar-refractivity contribution in [2.45, 2.75) is 58.0 Å². The van der Waals surface area contributed by atoms with Gasteiger partial charge in [-0.1, -0.05) is 45.4 Å². The zero-order chi connectivity index (χ0) is 14.4. The summed E-state index contributed by atoms with van der Waals surface area (Å²) in [4.78, 5) is 0.406. The van der Waals surface area contributed by atoms with E-state index >= 15 is 0 Å². The number of rotatable bonds is 3. The molecule has 1 aromatic rings. The van der Waals surface area contributed by atoms with E-state index in [1.54, 1.807) is 16.4 Å². The molecule has 106 valence electrons. The van der Waals surface area contributed by atoms with E-state index in [4.69, 9.17) is 0 Å². The minimum absolute atomic E-state index is 0.0154. The lowest BCUT2D eigenvalue weighted by Crippen LogP contribution is -2.23. The number of hydrogen-bond acceptors (Lipinski definition) is 2. The van der Waals surface area contributed by atoms with E-state index < -0.39 is 10.0 Å². The Morgan fingerprint density at radius 1 is 1.16 bits per heavy atom. The third kappa shape index (κ3) is 2.56. The molecule has 4 heteroatoms. The van der Waals surface area contributed by atoms with Crippen molar-refractivity contribution < 1.29 is 8.42 Å². The van der Waals surface area contributed by atoms with Gasteiger partial charge in [0.25, 0.3) is 0 Å². The summed E-state index contributed by atoms with van der Waals surface area (Å²) >= 11 is 0. The molecule has 1 aliphatic heterocycles. The topological polar surface area (TPSA) is 37.1 Å². The van der Waals surface area contributed by atoms with Crippen molar-refractivity contribution in [1.82, 2.24) is 4.31 Å². The second kappa shape index (κ2) is 4.60.